The lowest BCUT2D eigenvalue weighted by Crippen LogP contribution is -2.30. The zero-order chi connectivity index (χ0) is 13.5. The fourth-order valence-corrected chi connectivity index (χ4v) is 3.41. The van der Waals surface area contributed by atoms with E-state index in [4.69, 9.17) is 10.7 Å². The van der Waals surface area contributed by atoms with E-state index in [-0.39, 0.29) is 0 Å². The van der Waals surface area contributed by atoms with Crippen molar-refractivity contribution in [2.45, 2.75) is 32.0 Å². The van der Waals surface area contributed by atoms with Crippen LogP contribution in [0.3, 0.4) is 0 Å². The molecule has 20 heavy (non-hydrogen) atoms. The predicted molar refractivity (Wildman–Crippen MR) is 81.8 cm³/mol. The molecule has 3 nitrogen and oxygen atoms in total. The first-order valence-electron chi connectivity index (χ1n) is 7.04. The van der Waals surface area contributed by atoms with Gasteiger partial charge in [0.05, 0.1) is 11.9 Å². The number of fused-ring (bicyclic) bond motifs is 2. The molecule has 0 radical (unpaired) electrons. The third-order valence-electron chi connectivity index (χ3n) is 3.95. The normalized spacial score (nSPS) is 17.1. The maximum absolute atomic E-state index is 6.33. The smallest absolute Gasteiger partial charge is 0.0746 e. The van der Waals surface area contributed by atoms with Gasteiger partial charge in [0.1, 0.15) is 0 Å². The number of benzene rings is 1. The minimum absolute atomic E-state index is 0.731. The molecule has 2 heterocycles. The molecule has 0 spiro atoms. The fraction of sp³-hybridized carbons (Fsp3) is 0.312. The molecule has 1 aliphatic carbocycles. The molecule has 4 heteroatoms. The van der Waals surface area contributed by atoms with Gasteiger partial charge in [0.15, 0.2) is 0 Å². The molecule has 2 aliphatic rings. The molecule has 2 aromatic rings. The highest BCUT2D eigenvalue weighted by Gasteiger charge is 2.20. The van der Waals surface area contributed by atoms with Crippen molar-refractivity contribution < 1.29 is 0 Å². The number of thiophene rings is 1. The van der Waals surface area contributed by atoms with E-state index >= 15 is 0 Å². The third kappa shape index (κ3) is 2.15. The molecular formula is C16H17N3S. The second-order valence-corrected chi connectivity index (χ2v) is 6.49. The van der Waals surface area contributed by atoms with E-state index in [1.54, 1.807) is 11.3 Å². The highest BCUT2D eigenvalue weighted by Crippen LogP contribution is 2.22. The molecular weight excluding hydrogens is 266 g/mol. The van der Waals surface area contributed by atoms with Crippen LogP contribution in [0.1, 0.15) is 28.8 Å². The standard InChI is InChI=1S/C16H17N3S/c17-16-12-4-1-10(8-18-11-2-3-11)7-14(12)19-9-15-13(16)5-6-20-15/h1,4-7,11,18H,2-3,8-9,17H2. The largest absolute Gasteiger partial charge is 0.398 e. The summed E-state index contributed by atoms with van der Waals surface area (Å²) in [4.78, 5) is 6.00. The molecule has 1 aromatic carbocycles. The van der Waals surface area contributed by atoms with Crippen LogP contribution in [0.25, 0.3) is 5.70 Å². The minimum atomic E-state index is 0.731. The second kappa shape index (κ2) is 4.72. The van der Waals surface area contributed by atoms with E-state index in [0.29, 0.717) is 0 Å². The van der Waals surface area contributed by atoms with Crippen molar-refractivity contribution in [2.75, 3.05) is 0 Å². The zero-order valence-corrected chi connectivity index (χ0v) is 12.0. The van der Waals surface area contributed by atoms with Crippen LogP contribution in [0.4, 0.5) is 0 Å². The summed E-state index contributed by atoms with van der Waals surface area (Å²) < 4.78 is 0. The average Bonchev–Trinajstić information content (AvgIpc) is 3.20. The summed E-state index contributed by atoms with van der Waals surface area (Å²) >= 11 is 1.73. The Labute approximate surface area is 121 Å². The van der Waals surface area contributed by atoms with Crippen LogP contribution in [0.15, 0.2) is 34.6 Å². The van der Waals surface area contributed by atoms with Crippen molar-refractivity contribution in [2.24, 2.45) is 10.7 Å². The van der Waals surface area contributed by atoms with Crippen LogP contribution >= 0.6 is 11.3 Å². The van der Waals surface area contributed by atoms with E-state index in [9.17, 15) is 0 Å². The molecule has 4 rings (SSSR count). The summed E-state index contributed by atoms with van der Waals surface area (Å²) in [6.07, 6.45) is 2.63. The zero-order valence-electron chi connectivity index (χ0n) is 11.2. The number of hydrogen-bond acceptors (Lipinski definition) is 4. The van der Waals surface area contributed by atoms with E-state index < -0.39 is 0 Å². The Balaban J connectivity index is 1.77. The van der Waals surface area contributed by atoms with Gasteiger partial charge in [0.25, 0.3) is 0 Å². The number of hydrogen-bond donors (Lipinski definition) is 2. The van der Waals surface area contributed by atoms with Crippen molar-refractivity contribution in [1.29, 1.82) is 0 Å². The highest BCUT2D eigenvalue weighted by molar-refractivity contribution is 7.10. The Morgan fingerprint density at radius 2 is 2.20 bits per heavy atom. The van der Waals surface area contributed by atoms with Crippen molar-refractivity contribution >= 4 is 17.0 Å². The molecule has 1 fully saturated rings. The molecule has 0 atom stereocenters. The van der Waals surface area contributed by atoms with Crippen LogP contribution in [0.2, 0.25) is 0 Å². The van der Waals surface area contributed by atoms with Crippen LogP contribution in [0, 0.1) is 0 Å². The molecule has 3 N–H and O–H groups in total. The lowest BCUT2D eigenvalue weighted by molar-refractivity contribution is 0.687. The van der Waals surface area contributed by atoms with E-state index in [1.165, 1.54) is 23.3 Å². The van der Waals surface area contributed by atoms with Crippen LogP contribution < -0.4 is 21.6 Å². The highest BCUT2D eigenvalue weighted by atomic mass is 32.1. The number of nitrogens with zero attached hydrogens (tertiary/aromatic N) is 1. The molecule has 1 aliphatic heterocycles. The summed E-state index contributed by atoms with van der Waals surface area (Å²) in [5.41, 5.74) is 9.64. The Hall–Kier alpha value is -1.65. The number of rotatable bonds is 3. The quantitative estimate of drug-likeness (QED) is 0.891. The Morgan fingerprint density at radius 1 is 1.30 bits per heavy atom. The molecule has 1 aromatic heterocycles. The average molecular weight is 283 g/mol. The molecule has 0 saturated heterocycles. The monoisotopic (exact) mass is 283 g/mol. The van der Waals surface area contributed by atoms with Crippen LogP contribution in [-0.2, 0) is 13.1 Å². The van der Waals surface area contributed by atoms with E-state index in [0.717, 1.165) is 41.0 Å². The SMILES string of the molecule is NC1=c2ccc(CNC3CC3)cc2=NCc2sccc21. The Morgan fingerprint density at radius 3 is 3.05 bits per heavy atom. The fourth-order valence-electron chi connectivity index (χ4n) is 2.60. The third-order valence-corrected chi connectivity index (χ3v) is 4.86. The van der Waals surface area contributed by atoms with Gasteiger partial charge < -0.3 is 11.1 Å². The first-order valence-corrected chi connectivity index (χ1v) is 7.92. The van der Waals surface area contributed by atoms with Crippen molar-refractivity contribution in [3.8, 4) is 0 Å². The number of nitrogens with one attached hydrogen (secondary N) is 1. The van der Waals surface area contributed by atoms with Gasteiger partial charge in [0, 0.05) is 33.9 Å². The van der Waals surface area contributed by atoms with Gasteiger partial charge >= 0.3 is 0 Å². The molecule has 1 saturated carbocycles. The summed E-state index contributed by atoms with van der Waals surface area (Å²) in [7, 11) is 0. The topological polar surface area (TPSA) is 50.4 Å². The van der Waals surface area contributed by atoms with Crippen molar-refractivity contribution in [1.82, 2.24) is 5.32 Å². The first kappa shape index (κ1) is 12.1. The molecule has 0 amide bonds. The summed E-state index contributed by atoms with van der Waals surface area (Å²) in [5, 5.41) is 7.73. The van der Waals surface area contributed by atoms with E-state index in [1.807, 2.05) is 0 Å². The van der Waals surface area contributed by atoms with Gasteiger partial charge in [-0.3, -0.25) is 4.99 Å². The van der Waals surface area contributed by atoms with Gasteiger partial charge in [-0.05, 0) is 35.9 Å². The Bertz CT molecular complexity index is 771. The van der Waals surface area contributed by atoms with Gasteiger partial charge in [-0.2, -0.15) is 0 Å². The Kier molecular flexibility index (Phi) is 2.86. The van der Waals surface area contributed by atoms with Crippen molar-refractivity contribution in [3.05, 3.63) is 56.2 Å². The molecule has 0 unspecified atom stereocenters. The first-order chi connectivity index (χ1) is 9.81. The summed E-state index contributed by atoms with van der Waals surface area (Å²) in [6, 6.07) is 9.28. The van der Waals surface area contributed by atoms with Gasteiger partial charge in [-0.25, -0.2) is 0 Å². The van der Waals surface area contributed by atoms with E-state index in [2.05, 4.69) is 35.0 Å². The molecule has 0 bridgehead atoms. The van der Waals surface area contributed by atoms with Crippen LogP contribution in [0.5, 0.6) is 0 Å². The van der Waals surface area contributed by atoms with Gasteiger partial charge in [-0.15, -0.1) is 11.3 Å². The van der Waals surface area contributed by atoms with Gasteiger partial charge in [-0.1, -0.05) is 12.1 Å². The van der Waals surface area contributed by atoms with Crippen LogP contribution in [-0.4, -0.2) is 6.04 Å². The minimum Gasteiger partial charge on any atom is -0.398 e. The maximum atomic E-state index is 6.33. The van der Waals surface area contributed by atoms with Gasteiger partial charge in [0.2, 0.25) is 0 Å². The second-order valence-electron chi connectivity index (χ2n) is 5.49. The maximum Gasteiger partial charge on any atom is 0.0746 e. The summed E-state index contributed by atoms with van der Waals surface area (Å²) in [5.74, 6) is 0. The van der Waals surface area contributed by atoms with Crippen molar-refractivity contribution in [3.63, 3.8) is 0 Å². The number of nitrogens with two attached hydrogens (primary N) is 1. The molecule has 102 valence electrons. The lowest BCUT2D eigenvalue weighted by atomic mass is 10.1. The summed E-state index contributed by atoms with van der Waals surface area (Å²) in [6.45, 7) is 1.66. The lowest BCUT2D eigenvalue weighted by Gasteiger charge is -2.03. The predicted octanol–water partition coefficient (Wildman–Crippen LogP) is 1.25.